The highest BCUT2D eigenvalue weighted by Crippen LogP contribution is 1.70. The van der Waals surface area contributed by atoms with E-state index in [1.165, 1.54) is 6.92 Å². The van der Waals surface area contributed by atoms with Crippen LogP contribution in [0, 0.1) is 0 Å². The van der Waals surface area contributed by atoms with Crippen LogP contribution in [0.5, 0.6) is 0 Å². The molecule has 0 rings (SSSR count). The zero-order chi connectivity index (χ0) is 7.49. The van der Waals surface area contributed by atoms with Gasteiger partial charge >= 0.3 is 0 Å². The maximum absolute atomic E-state index is 10.2. The number of carbonyl (C=O) groups excluding carboxylic acids is 1. The van der Waals surface area contributed by atoms with E-state index in [0.717, 1.165) is 6.26 Å². The van der Waals surface area contributed by atoms with Crippen molar-refractivity contribution in [1.82, 2.24) is 10.3 Å². The zero-order valence-corrected chi connectivity index (χ0v) is 5.90. The third-order valence-electron chi connectivity index (χ3n) is 0.369. The number of carbonyl (C=O) groups is 1. The lowest BCUT2D eigenvalue weighted by Gasteiger charge is -1.95. The van der Waals surface area contributed by atoms with E-state index < -0.39 is 15.9 Å². The third-order valence-corrected chi connectivity index (χ3v) is 0.792. The first-order valence-corrected chi connectivity index (χ1v) is 3.95. The lowest BCUT2D eigenvalue weighted by molar-refractivity contribution is -0.119. The monoisotopic (exact) mass is 151 g/mol. The van der Waals surface area contributed by atoms with Crippen molar-refractivity contribution in [2.24, 2.45) is 0 Å². The van der Waals surface area contributed by atoms with E-state index in [9.17, 15) is 13.2 Å². The van der Waals surface area contributed by atoms with Gasteiger partial charge in [-0.25, -0.2) is 8.42 Å². The normalized spacial score (nSPS) is 10.9. The molecule has 0 heterocycles. The van der Waals surface area contributed by atoms with Crippen molar-refractivity contribution in [1.29, 1.82) is 0 Å². The Bertz CT molecular complexity index is 195. The first-order valence-electron chi connectivity index (χ1n) is 2.10. The van der Waals surface area contributed by atoms with E-state index in [1.54, 1.807) is 5.43 Å². The van der Waals surface area contributed by atoms with Crippen molar-refractivity contribution >= 4 is 15.9 Å². The van der Waals surface area contributed by atoms with E-state index in [2.05, 4.69) is 4.83 Å². The van der Waals surface area contributed by atoms with Gasteiger partial charge in [-0.2, -0.15) is 0 Å². The van der Waals surface area contributed by atoms with Gasteiger partial charge in [0.05, 0.1) is 6.26 Å². The van der Waals surface area contributed by atoms with Gasteiger partial charge in [-0.15, -0.1) is 0 Å². The molecule has 0 aromatic rings. The summed E-state index contributed by atoms with van der Waals surface area (Å²) >= 11 is 0. The Kier molecular flexibility index (Phi) is 2.60. The summed E-state index contributed by atoms with van der Waals surface area (Å²) in [6.07, 6.45) is 0.892. The van der Waals surface area contributed by atoms with Crippen molar-refractivity contribution in [3.63, 3.8) is 0 Å². The van der Waals surface area contributed by atoms with Crippen LogP contribution in [0.3, 0.4) is 0 Å². The predicted octanol–water partition coefficient (Wildman–Crippen LogP) is -1.40. The Balaban J connectivity index is 3.67. The van der Waals surface area contributed by atoms with E-state index in [4.69, 9.17) is 0 Å². The maximum Gasteiger partial charge on any atom is 0.244 e. The summed E-state index contributed by atoms with van der Waals surface area (Å²) in [6.45, 7) is 1.18. The molecule has 0 bridgehead atoms. The minimum atomic E-state index is -3.43. The van der Waals surface area contributed by atoms with E-state index in [0.29, 0.717) is 0 Å². The van der Waals surface area contributed by atoms with Gasteiger partial charge in [-0.3, -0.25) is 10.2 Å². The van der Waals surface area contributed by atoms with Gasteiger partial charge in [0.25, 0.3) is 0 Å². The third kappa shape index (κ3) is 7.38. The second-order valence-electron chi connectivity index (χ2n) is 1.49. The Morgan fingerprint density at radius 2 is 2.00 bits per heavy atom. The van der Waals surface area contributed by atoms with E-state index in [1.807, 2.05) is 0 Å². The SMILES string of the molecule is CC(=O)N[N]S(C)(=O)=O. The number of nitrogens with one attached hydrogen (secondary N) is 1. The summed E-state index contributed by atoms with van der Waals surface area (Å²) in [5, 5.41) is 0. The topological polar surface area (TPSA) is 77.3 Å². The molecule has 0 saturated carbocycles. The van der Waals surface area contributed by atoms with Crippen molar-refractivity contribution in [3.8, 4) is 0 Å². The molecule has 0 atom stereocenters. The maximum atomic E-state index is 10.2. The summed E-state index contributed by atoms with van der Waals surface area (Å²) in [5.41, 5.74) is 1.78. The smallest absolute Gasteiger partial charge is 0.244 e. The average Bonchev–Trinajstić information content (AvgIpc) is 1.59. The molecule has 1 N–H and O–H groups in total. The van der Waals surface area contributed by atoms with Crippen LogP contribution in [-0.4, -0.2) is 20.6 Å². The first-order chi connectivity index (χ1) is 3.92. The summed E-state index contributed by atoms with van der Waals surface area (Å²) in [7, 11) is -3.43. The van der Waals surface area contributed by atoms with Crippen molar-refractivity contribution < 1.29 is 13.2 Å². The summed E-state index contributed by atoms with van der Waals surface area (Å²) < 4.78 is 20.3. The molecular formula is C3H7N2O3S. The van der Waals surface area contributed by atoms with Crippen LogP contribution < -0.4 is 10.3 Å². The number of nitrogens with zero attached hydrogens (tertiary/aromatic N) is 1. The van der Waals surface area contributed by atoms with Crippen LogP contribution >= 0.6 is 0 Å². The molecule has 1 radical (unpaired) electrons. The molecule has 6 heteroatoms. The van der Waals surface area contributed by atoms with Crippen molar-refractivity contribution in [3.05, 3.63) is 0 Å². The van der Waals surface area contributed by atoms with Crippen LogP contribution in [0.2, 0.25) is 0 Å². The fraction of sp³-hybridized carbons (Fsp3) is 0.667. The fourth-order valence-electron chi connectivity index (χ4n) is 0.147. The average molecular weight is 151 g/mol. The predicted molar refractivity (Wildman–Crippen MR) is 30.8 cm³/mol. The molecule has 0 aliphatic heterocycles. The summed E-state index contributed by atoms with van der Waals surface area (Å²) in [5.74, 6) is -0.500. The molecule has 0 aliphatic rings. The van der Waals surface area contributed by atoms with Crippen LogP contribution in [0.1, 0.15) is 6.92 Å². The lowest BCUT2D eigenvalue weighted by atomic mass is 10.8. The Hall–Kier alpha value is -0.620. The van der Waals surface area contributed by atoms with Crippen molar-refractivity contribution in [2.75, 3.05) is 6.26 Å². The molecule has 0 unspecified atom stereocenters. The minimum absolute atomic E-state index is 0.500. The highest BCUT2D eigenvalue weighted by atomic mass is 32.2. The van der Waals surface area contributed by atoms with E-state index in [-0.39, 0.29) is 0 Å². The Labute approximate surface area is 53.5 Å². The van der Waals surface area contributed by atoms with Crippen molar-refractivity contribution in [2.45, 2.75) is 6.92 Å². The molecule has 1 amide bonds. The summed E-state index contributed by atoms with van der Waals surface area (Å²) in [4.78, 5) is 12.8. The van der Waals surface area contributed by atoms with Crippen LogP contribution in [0.15, 0.2) is 0 Å². The van der Waals surface area contributed by atoms with E-state index >= 15 is 0 Å². The second kappa shape index (κ2) is 2.79. The molecule has 0 saturated heterocycles. The van der Waals surface area contributed by atoms with Gasteiger partial charge in [0.15, 0.2) is 0 Å². The largest absolute Gasteiger partial charge is 0.274 e. The Morgan fingerprint density at radius 3 is 2.11 bits per heavy atom. The van der Waals surface area contributed by atoms with Gasteiger partial charge in [-0.1, -0.05) is 0 Å². The molecule has 5 nitrogen and oxygen atoms in total. The molecule has 0 aromatic heterocycles. The van der Waals surface area contributed by atoms with Gasteiger partial charge in [-0.05, 0) is 4.83 Å². The van der Waals surface area contributed by atoms with Gasteiger partial charge < -0.3 is 0 Å². The quantitative estimate of drug-likeness (QED) is 0.493. The van der Waals surface area contributed by atoms with Gasteiger partial charge in [0, 0.05) is 6.92 Å². The van der Waals surface area contributed by atoms with Crippen LogP contribution in [0.25, 0.3) is 0 Å². The number of rotatable bonds is 2. The highest BCUT2D eigenvalue weighted by Gasteiger charge is 2.01. The van der Waals surface area contributed by atoms with Gasteiger partial charge in [0.2, 0.25) is 15.9 Å². The van der Waals surface area contributed by atoms with Gasteiger partial charge in [0.1, 0.15) is 0 Å². The molecule has 0 aliphatic carbocycles. The Morgan fingerprint density at radius 1 is 1.56 bits per heavy atom. The number of hydrogen-bond donors (Lipinski definition) is 1. The summed E-state index contributed by atoms with van der Waals surface area (Å²) in [6, 6.07) is 0. The molecule has 53 valence electrons. The van der Waals surface area contributed by atoms with Crippen LogP contribution in [-0.2, 0) is 14.8 Å². The second-order valence-corrected chi connectivity index (χ2v) is 3.14. The fourth-order valence-corrected chi connectivity index (χ4v) is 0.442. The lowest BCUT2D eigenvalue weighted by Crippen LogP contribution is -2.32. The van der Waals surface area contributed by atoms with Crippen LogP contribution in [0.4, 0.5) is 0 Å². The molecular weight excluding hydrogens is 144 g/mol. The zero-order valence-electron chi connectivity index (χ0n) is 5.08. The highest BCUT2D eigenvalue weighted by molar-refractivity contribution is 7.88. The minimum Gasteiger partial charge on any atom is -0.274 e. The molecule has 0 fully saturated rings. The molecule has 0 spiro atoms. The number of amides is 1. The number of sulfonamides is 1. The number of hydrogen-bond acceptors (Lipinski definition) is 3. The molecule has 9 heavy (non-hydrogen) atoms. The first kappa shape index (κ1) is 8.38. The standard InChI is InChI=1S/C3H7N2O3S/c1-3(6)4-5-9(2,7)8/h1-2H3,(H,4,6). The molecule has 0 aromatic carbocycles.